The molecule has 134 valence electrons. The molecule has 2 heterocycles. The van der Waals surface area contributed by atoms with Gasteiger partial charge in [-0.15, -0.1) is 0 Å². The van der Waals surface area contributed by atoms with Gasteiger partial charge >= 0.3 is 6.03 Å². The average Bonchev–Trinajstić information content (AvgIpc) is 2.54. The Kier molecular flexibility index (Phi) is 5.26. The Labute approximate surface area is 155 Å². The zero-order valence-electron chi connectivity index (χ0n) is 13.7. The first-order valence-electron chi connectivity index (χ1n) is 7.90. The van der Waals surface area contributed by atoms with Crippen molar-refractivity contribution in [2.45, 2.75) is 18.9 Å². The molecule has 0 atom stereocenters. The summed E-state index contributed by atoms with van der Waals surface area (Å²) in [4.78, 5) is 16.6. The lowest BCUT2D eigenvalue weighted by molar-refractivity contribution is 0.238. The van der Waals surface area contributed by atoms with Crippen molar-refractivity contribution in [2.24, 2.45) is 0 Å². The largest absolute Gasteiger partial charge is 0.335 e. The van der Waals surface area contributed by atoms with Crippen molar-refractivity contribution in [1.29, 1.82) is 0 Å². The van der Waals surface area contributed by atoms with Gasteiger partial charge in [0.1, 0.15) is 0 Å². The van der Waals surface area contributed by atoms with Crippen molar-refractivity contribution in [3.8, 4) is 0 Å². The highest BCUT2D eigenvalue weighted by molar-refractivity contribution is 9.10. The Morgan fingerprint density at radius 1 is 1.32 bits per heavy atom. The van der Waals surface area contributed by atoms with Crippen LogP contribution in [0, 0.1) is 0 Å². The number of nitrogens with zero attached hydrogens (tertiary/aromatic N) is 2. The highest BCUT2D eigenvalue weighted by atomic mass is 79.9. The van der Waals surface area contributed by atoms with Gasteiger partial charge in [-0.05, 0) is 40.9 Å². The van der Waals surface area contributed by atoms with Gasteiger partial charge in [0.25, 0.3) is 0 Å². The molecule has 0 radical (unpaired) electrons. The summed E-state index contributed by atoms with van der Waals surface area (Å²) in [5.74, 6) is 0. The number of hydrogen-bond acceptors (Lipinski definition) is 4. The number of piperidine rings is 1. The number of carbonyl (C=O) groups is 1. The van der Waals surface area contributed by atoms with Gasteiger partial charge in [0.15, 0.2) is 0 Å². The van der Waals surface area contributed by atoms with Crippen molar-refractivity contribution in [3.05, 3.63) is 34.9 Å². The smallest absolute Gasteiger partial charge is 0.319 e. The molecular weight excluding hydrogens is 408 g/mol. The molecule has 1 aliphatic rings. The number of para-hydroxylation sites is 1. The van der Waals surface area contributed by atoms with Crippen LogP contribution in [0.25, 0.3) is 10.9 Å². The van der Waals surface area contributed by atoms with E-state index in [1.165, 1.54) is 10.6 Å². The zero-order valence-corrected chi connectivity index (χ0v) is 16.1. The Morgan fingerprint density at radius 3 is 2.72 bits per heavy atom. The fourth-order valence-electron chi connectivity index (χ4n) is 2.91. The van der Waals surface area contributed by atoms with Crippen LogP contribution in [0.4, 0.5) is 10.5 Å². The first-order valence-corrected chi connectivity index (χ1v) is 10.5. The molecule has 1 saturated heterocycles. The minimum atomic E-state index is -3.16. The standard InChI is InChI=1S/C16H19BrN4O3S/c1-25(23,24)21-7-5-13(6-8-21)19-16(22)20-14-4-2-3-11-9-12(17)10-18-15(11)14/h2-4,9-10,13H,5-8H2,1H3,(H2,19,20,22). The number of carbonyl (C=O) groups excluding carboxylic acids is 1. The molecule has 1 fully saturated rings. The molecule has 25 heavy (non-hydrogen) atoms. The van der Waals surface area contributed by atoms with Crippen LogP contribution in [-0.4, -0.2) is 49.1 Å². The number of benzene rings is 1. The number of rotatable bonds is 3. The molecule has 9 heteroatoms. The molecule has 2 amide bonds. The Bertz CT molecular complexity index is 895. The van der Waals surface area contributed by atoms with E-state index >= 15 is 0 Å². The molecule has 1 aromatic carbocycles. The minimum absolute atomic E-state index is 0.0462. The Hall–Kier alpha value is -1.71. The van der Waals surface area contributed by atoms with Gasteiger partial charge < -0.3 is 10.6 Å². The third-order valence-electron chi connectivity index (χ3n) is 4.18. The summed E-state index contributed by atoms with van der Waals surface area (Å²) >= 11 is 3.38. The summed E-state index contributed by atoms with van der Waals surface area (Å²) in [5.41, 5.74) is 1.35. The fourth-order valence-corrected chi connectivity index (χ4v) is 4.13. The Morgan fingerprint density at radius 2 is 2.04 bits per heavy atom. The fraction of sp³-hybridized carbons (Fsp3) is 0.375. The second-order valence-electron chi connectivity index (χ2n) is 6.07. The third-order valence-corrected chi connectivity index (χ3v) is 5.92. The molecule has 3 rings (SSSR count). The third kappa shape index (κ3) is 4.47. The molecule has 7 nitrogen and oxygen atoms in total. The van der Waals surface area contributed by atoms with Crippen molar-refractivity contribution in [1.82, 2.24) is 14.6 Å². The van der Waals surface area contributed by atoms with Crippen LogP contribution >= 0.6 is 15.9 Å². The van der Waals surface area contributed by atoms with Crippen molar-refractivity contribution in [2.75, 3.05) is 24.7 Å². The first kappa shape index (κ1) is 18.1. The number of hydrogen-bond donors (Lipinski definition) is 2. The number of halogens is 1. The van der Waals surface area contributed by atoms with E-state index in [0.717, 1.165) is 9.86 Å². The van der Waals surface area contributed by atoms with Crippen molar-refractivity contribution in [3.63, 3.8) is 0 Å². The van der Waals surface area contributed by atoms with E-state index in [1.54, 1.807) is 12.3 Å². The molecule has 2 aromatic rings. The number of urea groups is 1. The van der Waals surface area contributed by atoms with Crippen molar-refractivity contribution >= 4 is 48.6 Å². The maximum Gasteiger partial charge on any atom is 0.319 e. The van der Waals surface area contributed by atoms with E-state index in [2.05, 4.69) is 31.5 Å². The van der Waals surface area contributed by atoms with Gasteiger partial charge in [-0.2, -0.15) is 0 Å². The molecule has 1 aliphatic heterocycles. The number of pyridine rings is 1. The summed E-state index contributed by atoms with van der Waals surface area (Å²) in [7, 11) is -3.16. The van der Waals surface area contributed by atoms with E-state index < -0.39 is 10.0 Å². The van der Waals surface area contributed by atoms with E-state index in [-0.39, 0.29) is 12.1 Å². The summed E-state index contributed by atoms with van der Waals surface area (Å²) in [6, 6.07) is 7.17. The molecule has 0 aliphatic carbocycles. The number of sulfonamides is 1. The summed E-state index contributed by atoms with van der Waals surface area (Å²) < 4.78 is 25.4. The molecule has 0 bridgehead atoms. The van der Waals surface area contributed by atoms with E-state index in [4.69, 9.17) is 0 Å². The number of fused-ring (bicyclic) bond motifs is 1. The number of nitrogens with one attached hydrogen (secondary N) is 2. The van der Waals surface area contributed by atoms with E-state index in [9.17, 15) is 13.2 Å². The summed E-state index contributed by atoms with van der Waals surface area (Å²) in [6.07, 6.45) is 4.09. The van der Waals surface area contributed by atoms with Crippen LogP contribution in [0.15, 0.2) is 34.9 Å². The quantitative estimate of drug-likeness (QED) is 0.788. The van der Waals surface area contributed by atoms with E-state index in [0.29, 0.717) is 37.1 Å². The molecule has 0 saturated carbocycles. The monoisotopic (exact) mass is 426 g/mol. The molecule has 0 unspecified atom stereocenters. The lowest BCUT2D eigenvalue weighted by atomic mass is 10.1. The number of amides is 2. The summed E-state index contributed by atoms with van der Waals surface area (Å²) in [6.45, 7) is 0.848. The minimum Gasteiger partial charge on any atom is -0.335 e. The Balaban J connectivity index is 1.62. The molecule has 2 N–H and O–H groups in total. The highest BCUT2D eigenvalue weighted by Gasteiger charge is 2.25. The van der Waals surface area contributed by atoms with Gasteiger partial charge in [0, 0.05) is 35.2 Å². The predicted octanol–water partition coefficient (Wildman–Crippen LogP) is 2.54. The van der Waals surface area contributed by atoms with Gasteiger partial charge in [-0.1, -0.05) is 12.1 Å². The van der Waals surface area contributed by atoms with Crippen LogP contribution in [0.5, 0.6) is 0 Å². The van der Waals surface area contributed by atoms with Gasteiger partial charge in [0.05, 0.1) is 17.5 Å². The van der Waals surface area contributed by atoms with Crippen LogP contribution in [0.2, 0.25) is 0 Å². The van der Waals surface area contributed by atoms with Crippen LogP contribution < -0.4 is 10.6 Å². The molecular formula is C16H19BrN4O3S. The van der Waals surface area contributed by atoms with Crippen molar-refractivity contribution < 1.29 is 13.2 Å². The van der Waals surface area contributed by atoms with Crippen LogP contribution in [-0.2, 0) is 10.0 Å². The molecule has 0 spiro atoms. The molecule has 1 aromatic heterocycles. The predicted molar refractivity (Wildman–Crippen MR) is 101 cm³/mol. The lowest BCUT2D eigenvalue weighted by Gasteiger charge is -2.30. The average molecular weight is 427 g/mol. The maximum atomic E-state index is 12.3. The normalized spacial score (nSPS) is 16.7. The first-order chi connectivity index (χ1) is 11.8. The van der Waals surface area contributed by atoms with Gasteiger partial charge in [-0.25, -0.2) is 17.5 Å². The maximum absolute atomic E-state index is 12.3. The van der Waals surface area contributed by atoms with Gasteiger partial charge in [-0.3, -0.25) is 4.98 Å². The van der Waals surface area contributed by atoms with Crippen LogP contribution in [0.1, 0.15) is 12.8 Å². The zero-order chi connectivity index (χ0) is 18.0. The topological polar surface area (TPSA) is 91.4 Å². The summed E-state index contributed by atoms with van der Waals surface area (Å²) in [5, 5.41) is 6.66. The SMILES string of the molecule is CS(=O)(=O)N1CCC(NC(=O)Nc2cccc3cc(Br)cnc23)CC1. The van der Waals surface area contributed by atoms with Gasteiger partial charge in [0.2, 0.25) is 10.0 Å². The second-order valence-corrected chi connectivity index (χ2v) is 8.96. The number of aromatic nitrogens is 1. The second kappa shape index (κ2) is 7.27. The van der Waals surface area contributed by atoms with Crippen LogP contribution in [0.3, 0.4) is 0 Å². The lowest BCUT2D eigenvalue weighted by Crippen LogP contribution is -2.47. The number of anilines is 1. The highest BCUT2D eigenvalue weighted by Crippen LogP contribution is 2.24. The van der Waals surface area contributed by atoms with E-state index in [1.807, 2.05) is 18.2 Å².